The summed E-state index contributed by atoms with van der Waals surface area (Å²) in [7, 11) is 0. The predicted molar refractivity (Wildman–Crippen MR) is 103 cm³/mol. The second-order valence-corrected chi connectivity index (χ2v) is 7.08. The number of benzene rings is 1. The summed E-state index contributed by atoms with van der Waals surface area (Å²) in [4.78, 5) is 5.81. The van der Waals surface area contributed by atoms with E-state index in [9.17, 15) is 0 Å². The van der Waals surface area contributed by atoms with Crippen LogP contribution in [0.3, 0.4) is 0 Å². The van der Waals surface area contributed by atoms with Crippen LogP contribution in [-0.2, 0) is 0 Å². The molecule has 0 N–H and O–H groups in total. The lowest BCUT2D eigenvalue weighted by molar-refractivity contribution is 0.866. The molecule has 3 heterocycles. The van der Waals surface area contributed by atoms with E-state index in [0.717, 1.165) is 27.7 Å². The van der Waals surface area contributed by atoms with Crippen molar-refractivity contribution < 1.29 is 0 Å². The first-order valence-electron chi connectivity index (χ1n) is 8.25. The van der Waals surface area contributed by atoms with Gasteiger partial charge in [0.25, 0.3) is 0 Å². The fourth-order valence-electron chi connectivity index (χ4n) is 2.69. The standard InChI is InChI=1S/C20H18N4S/c1-14(2)15-8-10-16(11-9-15)22-23-20-19(17-6-5-13-25-17)21-18-7-3-4-12-24(18)20/h3-14H,1-2H3. The van der Waals surface area contributed by atoms with Crippen LogP contribution in [-0.4, -0.2) is 9.38 Å². The summed E-state index contributed by atoms with van der Waals surface area (Å²) < 4.78 is 1.97. The third-order valence-electron chi connectivity index (χ3n) is 4.08. The molecule has 0 aliphatic rings. The maximum Gasteiger partial charge on any atom is 0.188 e. The van der Waals surface area contributed by atoms with Crippen molar-refractivity contribution in [3.63, 3.8) is 0 Å². The van der Waals surface area contributed by atoms with E-state index >= 15 is 0 Å². The molecule has 0 aliphatic heterocycles. The van der Waals surface area contributed by atoms with Crippen molar-refractivity contribution in [3.05, 3.63) is 71.7 Å². The highest BCUT2D eigenvalue weighted by Crippen LogP contribution is 2.34. The SMILES string of the molecule is CC(C)c1ccc(N=Nc2c(-c3cccs3)nc3ccccn23)cc1. The van der Waals surface area contributed by atoms with Crippen LogP contribution in [0.5, 0.6) is 0 Å². The summed E-state index contributed by atoms with van der Waals surface area (Å²) in [5.74, 6) is 1.26. The van der Waals surface area contributed by atoms with Gasteiger partial charge in [-0.3, -0.25) is 4.40 Å². The second kappa shape index (κ2) is 6.61. The van der Waals surface area contributed by atoms with E-state index in [4.69, 9.17) is 4.98 Å². The number of imidazole rings is 1. The smallest absolute Gasteiger partial charge is 0.188 e. The maximum atomic E-state index is 4.72. The van der Waals surface area contributed by atoms with Gasteiger partial charge < -0.3 is 0 Å². The van der Waals surface area contributed by atoms with Gasteiger partial charge in [0.05, 0.1) is 10.6 Å². The number of hydrogen-bond donors (Lipinski definition) is 0. The van der Waals surface area contributed by atoms with Crippen LogP contribution >= 0.6 is 11.3 Å². The van der Waals surface area contributed by atoms with Crippen LogP contribution in [0.25, 0.3) is 16.2 Å². The highest BCUT2D eigenvalue weighted by atomic mass is 32.1. The van der Waals surface area contributed by atoms with E-state index in [0.29, 0.717) is 5.92 Å². The summed E-state index contributed by atoms with van der Waals surface area (Å²) in [6.07, 6.45) is 1.97. The highest BCUT2D eigenvalue weighted by molar-refractivity contribution is 7.13. The molecule has 25 heavy (non-hydrogen) atoms. The molecular formula is C20H18N4S. The molecule has 0 bridgehead atoms. The van der Waals surface area contributed by atoms with Gasteiger partial charge in [0, 0.05) is 6.20 Å². The minimum atomic E-state index is 0.509. The van der Waals surface area contributed by atoms with Gasteiger partial charge in [-0.2, -0.15) is 0 Å². The van der Waals surface area contributed by atoms with Crippen molar-refractivity contribution in [3.8, 4) is 10.6 Å². The zero-order chi connectivity index (χ0) is 17.2. The summed E-state index contributed by atoms with van der Waals surface area (Å²) in [5.41, 5.74) is 3.87. The Hall–Kier alpha value is -2.79. The molecule has 0 aliphatic carbocycles. The Kier molecular flexibility index (Phi) is 4.15. The second-order valence-electron chi connectivity index (χ2n) is 6.14. The van der Waals surface area contributed by atoms with Crippen molar-refractivity contribution in [2.45, 2.75) is 19.8 Å². The molecular weight excluding hydrogens is 328 g/mol. The van der Waals surface area contributed by atoms with E-state index < -0.39 is 0 Å². The molecule has 0 saturated carbocycles. The minimum absolute atomic E-state index is 0.509. The molecule has 0 unspecified atom stereocenters. The Labute approximate surface area is 150 Å². The summed E-state index contributed by atoms with van der Waals surface area (Å²) in [6, 6.07) is 18.2. The number of thiophene rings is 1. The van der Waals surface area contributed by atoms with Gasteiger partial charge in [-0.15, -0.1) is 21.6 Å². The Morgan fingerprint density at radius 1 is 0.960 bits per heavy atom. The average molecular weight is 346 g/mol. The van der Waals surface area contributed by atoms with Crippen LogP contribution in [0, 0.1) is 0 Å². The summed E-state index contributed by atoms with van der Waals surface area (Å²) in [6.45, 7) is 4.37. The van der Waals surface area contributed by atoms with Gasteiger partial charge in [0.1, 0.15) is 11.3 Å². The third kappa shape index (κ3) is 3.10. The van der Waals surface area contributed by atoms with Gasteiger partial charge in [-0.05, 0) is 47.2 Å². The first-order chi connectivity index (χ1) is 12.2. The van der Waals surface area contributed by atoms with E-state index in [-0.39, 0.29) is 0 Å². The lowest BCUT2D eigenvalue weighted by Gasteiger charge is -2.04. The molecule has 4 nitrogen and oxygen atoms in total. The fourth-order valence-corrected chi connectivity index (χ4v) is 3.40. The van der Waals surface area contributed by atoms with Gasteiger partial charge in [-0.1, -0.05) is 38.1 Å². The fraction of sp³-hybridized carbons (Fsp3) is 0.150. The van der Waals surface area contributed by atoms with Crippen molar-refractivity contribution in [1.82, 2.24) is 9.38 Å². The monoisotopic (exact) mass is 346 g/mol. The number of pyridine rings is 1. The van der Waals surface area contributed by atoms with E-state index in [1.54, 1.807) is 11.3 Å². The average Bonchev–Trinajstić information content (AvgIpc) is 3.28. The van der Waals surface area contributed by atoms with Gasteiger partial charge in [0.2, 0.25) is 0 Å². The molecule has 3 aromatic heterocycles. The van der Waals surface area contributed by atoms with Crippen molar-refractivity contribution in [2.24, 2.45) is 10.2 Å². The molecule has 4 rings (SSSR count). The molecule has 0 fully saturated rings. The van der Waals surface area contributed by atoms with Crippen LogP contribution in [0.15, 0.2) is 76.4 Å². The van der Waals surface area contributed by atoms with Crippen molar-refractivity contribution in [2.75, 3.05) is 0 Å². The molecule has 0 saturated heterocycles. The van der Waals surface area contributed by atoms with Crippen LogP contribution in [0.1, 0.15) is 25.3 Å². The minimum Gasteiger partial charge on any atom is -0.283 e. The van der Waals surface area contributed by atoms with Crippen LogP contribution in [0.4, 0.5) is 11.5 Å². The first-order valence-corrected chi connectivity index (χ1v) is 9.13. The molecule has 0 atom stereocenters. The number of fused-ring (bicyclic) bond motifs is 1. The Balaban J connectivity index is 1.76. The number of azo groups is 1. The van der Waals surface area contributed by atoms with Gasteiger partial charge in [-0.25, -0.2) is 4.98 Å². The normalized spacial score (nSPS) is 11.8. The van der Waals surface area contributed by atoms with Crippen molar-refractivity contribution in [1.29, 1.82) is 0 Å². The largest absolute Gasteiger partial charge is 0.283 e. The summed E-state index contributed by atoms with van der Waals surface area (Å²) >= 11 is 1.65. The molecule has 0 spiro atoms. The summed E-state index contributed by atoms with van der Waals surface area (Å²) in [5, 5.41) is 11.0. The Morgan fingerprint density at radius 2 is 1.80 bits per heavy atom. The quantitative estimate of drug-likeness (QED) is 0.384. The number of hydrogen-bond acceptors (Lipinski definition) is 4. The maximum absolute atomic E-state index is 4.72. The molecule has 0 amide bonds. The number of rotatable bonds is 4. The molecule has 124 valence electrons. The van der Waals surface area contributed by atoms with Crippen molar-refractivity contribution >= 4 is 28.5 Å². The first kappa shape index (κ1) is 15.7. The number of nitrogens with zero attached hydrogens (tertiary/aromatic N) is 4. The molecule has 1 aromatic carbocycles. The van der Waals surface area contributed by atoms with Crippen LogP contribution < -0.4 is 0 Å². The molecule has 5 heteroatoms. The molecule has 4 aromatic rings. The Morgan fingerprint density at radius 3 is 2.52 bits per heavy atom. The Bertz CT molecular complexity index is 1010. The lowest BCUT2D eigenvalue weighted by Crippen LogP contribution is -1.84. The zero-order valence-electron chi connectivity index (χ0n) is 14.1. The van der Waals surface area contributed by atoms with Gasteiger partial charge in [0.15, 0.2) is 5.82 Å². The van der Waals surface area contributed by atoms with Crippen LogP contribution in [0.2, 0.25) is 0 Å². The van der Waals surface area contributed by atoms with E-state index in [1.165, 1.54) is 5.56 Å². The highest BCUT2D eigenvalue weighted by Gasteiger charge is 2.14. The predicted octanol–water partition coefficient (Wildman–Crippen LogP) is 6.60. The van der Waals surface area contributed by atoms with Gasteiger partial charge >= 0.3 is 0 Å². The third-order valence-corrected chi connectivity index (χ3v) is 4.96. The zero-order valence-corrected chi connectivity index (χ0v) is 14.9. The van der Waals surface area contributed by atoms with E-state index in [2.05, 4.69) is 42.3 Å². The topological polar surface area (TPSA) is 42.0 Å². The van der Waals surface area contributed by atoms with E-state index in [1.807, 2.05) is 52.4 Å². The number of aromatic nitrogens is 2. The lowest BCUT2D eigenvalue weighted by atomic mass is 10.0. The molecule has 0 radical (unpaired) electrons.